The number of hydrogen-bond donors (Lipinski definition) is 1. The zero-order valence-electron chi connectivity index (χ0n) is 14.0. The molecule has 0 saturated heterocycles. The van der Waals surface area contributed by atoms with Gasteiger partial charge < -0.3 is 10.1 Å². The lowest BCUT2D eigenvalue weighted by Gasteiger charge is -2.37. The molecule has 1 N–H and O–H groups in total. The second-order valence-corrected chi connectivity index (χ2v) is 6.73. The summed E-state index contributed by atoms with van der Waals surface area (Å²) in [6.07, 6.45) is 3.39. The minimum Gasteiger partial charge on any atom is -0.468 e. The van der Waals surface area contributed by atoms with Gasteiger partial charge in [-0.1, -0.05) is 20.8 Å². The molecule has 0 aromatic heterocycles. The summed E-state index contributed by atoms with van der Waals surface area (Å²) < 4.78 is 4.99. The Bertz CT molecular complexity index is 316. The van der Waals surface area contributed by atoms with Crippen LogP contribution in [-0.4, -0.2) is 48.7 Å². The van der Waals surface area contributed by atoms with Crippen molar-refractivity contribution >= 4 is 5.97 Å². The maximum atomic E-state index is 12.1. The predicted octanol–water partition coefficient (Wildman–Crippen LogP) is 2.43. The third-order valence-electron chi connectivity index (χ3n) is 4.06. The summed E-state index contributed by atoms with van der Waals surface area (Å²) in [6.45, 7) is 12.6. The van der Waals surface area contributed by atoms with E-state index in [-0.39, 0.29) is 5.97 Å². The average Bonchev–Trinajstić information content (AvgIpc) is 3.18. The Morgan fingerprint density at radius 1 is 1.40 bits per heavy atom. The summed E-state index contributed by atoms with van der Waals surface area (Å²) in [5, 5.41) is 3.31. The molecule has 2 atom stereocenters. The van der Waals surface area contributed by atoms with Crippen LogP contribution >= 0.6 is 0 Å². The van der Waals surface area contributed by atoms with E-state index in [2.05, 4.69) is 31.0 Å². The summed E-state index contributed by atoms with van der Waals surface area (Å²) in [5.74, 6) is 0.494. The third-order valence-corrected chi connectivity index (χ3v) is 4.06. The van der Waals surface area contributed by atoms with E-state index in [1.807, 2.05) is 13.8 Å². The normalized spacial score (nSPS) is 20.0. The minimum absolute atomic E-state index is 0.161. The van der Waals surface area contributed by atoms with Crippen LogP contribution in [-0.2, 0) is 9.53 Å². The van der Waals surface area contributed by atoms with Crippen molar-refractivity contribution in [2.24, 2.45) is 5.92 Å². The van der Waals surface area contributed by atoms with Crippen LogP contribution < -0.4 is 5.32 Å². The Morgan fingerprint density at radius 3 is 2.40 bits per heavy atom. The fourth-order valence-corrected chi connectivity index (χ4v) is 3.07. The van der Waals surface area contributed by atoms with Gasteiger partial charge in [-0.15, -0.1) is 0 Å². The van der Waals surface area contributed by atoms with Crippen molar-refractivity contribution in [2.45, 2.75) is 71.5 Å². The maximum absolute atomic E-state index is 12.1. The molecule has 2 unspecified atom stereocenters. The second-order valence-electron chi connectivity index (χ2n) is 6.73. The Hall–Kier alpha value is -0.610. The highest BCUT2D eigenvalue weighted by Gasteiger charge is 2.39. The van der Waals surface area contributed by atoms with Gasteiger partial charge in [-0.05, 0) is 45.6 Å². The topological polar surface area (TPSA) is 41.6 Å². The summed E-state index contributed by atoms with van der Waals surface area (Å²) in [5.41, 5.74) is -0.590. The molecule has 20 heavy (non-hydrogen) atoms. The lowest BCUT2D eigenvalue weighted by molar-refractivity contribution is -0.148. The highest BCUT2D eigenvalue weighted by molar-refractivity contribution is 5.80. The Kier molecular flexibility index (Phi) is 6.46. The lowest BCUT2D eigenvalue weighted by atomic mass is 9.92. The summed E-state index contributed by atoms with van der Waals surface area (Å²) in [4.78, 5) is 14.7. The van der Waals surface area contributed by atoms with Crippen LogP contribution in [0.2, 0.25) is 0 Å². The average molecular weight is 284 g/mol. The molecule has 0 bridgehead atoms. The van der Waals surface area contributed by atoms with E-state index < -0.39 is 5.54 Å². The molecular weight excluding hydrogens is 252 g/mol. The van der Waals surface area contributed by atoms with Crippen molar-refractivity contribution in [3.8, 4) is 0 Å². The standard InChI is InChI=1S/C16H32N2O2/c1-7-17-16(5,15(19)20-6)10-13(4)18(11-12(2)3)14-8-9-14/h12-14,17H,7-11H2,1-6H3. The SMILES string of the molecule is CCNC(C)(CC(C)N(CC(C)C)C1CC1)C(=O)OC. The zero-order valence-corrected chi connectivity index (χ0v) is 14.0. The van der Waals surface area contributed by atoms with Gasteiger partial charge >= 0.3 is 5.97 Å². The number of nitrogens with zero attached hydrogens (tertiary/aromatic N) is 1. The van der Waals surface area contributed by atoms with E-state index in [9.17, 15) is 4.79 Å². The first-order valence-corrected chi connectivity index (χ1v) is 7.93. The number of ether oxygens (including phenoxy) is 1. The molecule has 1 fully saturated rings. The van der Waals surface area contributed by atoms with E-state index >= 15 is 0 Å². The first-order chi connectivity index (χ1) is 9.34. The van der Waals surface area contributed by atoms with Crippen LogP contribution in [0.25, 0.3) is 0 Å². The molecule has 1 rings (SSSR count). The molecule has 0 radical (unpaired) electrons. The van der Waals surface area contributed by atoms with Crippen molar-refractivity contribution in [2.75, 3.05) is 20.2 Å². The van der Waals surface area contributed by atoms with E-state index in [1.165, 1.54) is 20.0 Å². The third kappa shape index (κ3) is 4.74. The van der Waals surface area contributed by atoms with Crippen molar-refractivity contribution in [1.82, 2.24) is 10.2 Å². The lowest BCUT2D eigenvalue weighted by Crippen LogP contribution is -2.54. The highest BCUT2D eigenvalue weighted by atomic mass is 16.5. The van der Waals surface area contributed by atoms with E-state index in [4.69, 9.17) is 4.74 Å². The van der Waals surface area contributed by atoms with Crippen molar-refractivity contribution in [1.29, 1.82) is 0 Å². The number of likely N-dealkylation sites (N-methyl/N-ethyl adjacent to an activating group) is 1. The van der Waals surface area contributed by atoms with Crippen LogP contribution in [0.3, 0.4) is 0 Å². The van der Waals surface area contributed by atoms with Gasteiger partial charge in [0.2, 0.25) is 0 Å². The van der Waals surface area contributed by atoms with Gasteiger partial charge in [-0.25, -0.2) is 0 Å². The first-order valence-electron chi connectivity index (χ1n) is 7.93. The molecule has 0 aliphatic heterocycles. The number of hydrogen-bond acceptors (Lipinski definition) is 4. The minimum atomic E-state index is -0.590. The monoisotopic (exact) mass is 284 g/mol. The van der Waals surface area contributed by atoms with Gasteiger partial charge in [-0.3, -0.25) is 9.69 Å². The molecule has 1 aliphatic rings. The summed E-state index contributed by atoms with van der Waals surface area (Å²) >= 11 is 0. The predicted molar refractivity (Wildman–Crippen MR) is 82.7 cm³/mol. The van der Waals surface area contributed by atoms with Crippen LogP contribution in [0, 0.1) is 5.92 Å². The summed E-state index contributed by atoms with van der Waals surface area (Å²) in [7, 11) is 1.47. The van der Waals surface area contributed by atoms with Gasteiger partial charge in [0, 0.05) is 18.6 Å². The molecular formula is C16H32N2O2. The molecule has 0 spiro atoms. The Balaban J connectivity index is 2.72. The summed E-state index contributed by atoms with van der Waals surface area (Å²) in [6, 6.07) is 1.10. The molecule has 4 nitrogen and oxygen atoms in total. The van der Waals surface area contributed by atoms with Gasteiger partial charge in [0.1, 0.15) is 5.54 Å². The van der Waals surface area contributed by atoms with Gasteiger partial charge in [0.05, 0.1) is 7.11 Å². The van der Waals surface area contributed by atoms with E-state index in [1.54, 1.807) is 0 Å². The fraction of sp³-hybridized carbons (Fsp3) is 0.938. The largest absolute Gasteiger partial charge is 0.468 e. The number of carbonyl (C=O) groups excluding carboxylic acids is 1. The van der Waals surface area contributed by atoms with Gasteiger partial charge in [0.25, 0.3) is 0 Å². The Morgan fingerprint density at radius 2 is 2.00 bits per heavy atom. The molecule has 0 amide bonds. The smallest absolute Gasteiger partial charge is 0.325 e. The molecule has 4 heteroatoms. The second kappa shape index (κ2) is 7.41. The molecule has 0 aromatic rings. The van der Waals surface area contributed by atoms with Gasteiger partial charge in [0.15, 0.2) is 0 Å². The van der Waals surface area contributed by atoms with Crippen molar-refractivity contribution in [3.05, 3.63) is 0 Å². The quantitative estimate of drug-likeness (QED) is 0.660. The first kappa shape index (κ1) is 17.4. The highest BCUT2D eigenvalue weighted by Crippen LogP contribution is 2.31. The molecule has 0 heterocycles. The number of methoxy groups -OCH3 is 1. The maximum Gasteiger partial charge on any atom is 0.325 e. The van der Waals surface area contributed by atoms with Crippen molar-refractivity contribution in [3.63, 3.8) is 0 Å². The fourth-order valence-electron chi connectivity index (χ4n) is 3.07. The molecule has 1 saturated carbocycles. The number of esters is 1. The number of rotatable bonds is 9. The molecule has 0 aromatic carbocycles. The molecule has 118 valence electrons. The van der Waals surface area contributed by atoms with Crippen LogP contribution in [0.1, 0.15) is 53.9 Å². The van der Waals surface area contributed by atoms with Gasteiger partial charge in [-0.2, -0.15) is 0 Å². The van der Waals surface area contributed by atoms with E-state index in [0.29, 0.717) is 12.0 Å². The zero-order chi connectivity index (χ0) is 15.3. The number of carbonyl (C=O) groups is 1. The van der Waals surface area contributed by atoms with Crippen LogP contribution in [0.15, 0.2) is 0 Å². The Labute approximate surface area is 124 Å². The van der Waals surface area contributed by atoms with Crippen LogP contribution in [0.5, 0.6) is 0 Å². The van der Waals surface area contributed by atoms with Crippen molar-refractivity contribution < 1.29 is 9.53 Å². The van der Waals surface area contributed by atoms with E-state index in [0.717, 1.165) is 25.6 Å². The molecule has 1 aliphatic carbocycles. The van der Waals surface area contributed by atoms with Crippen LogP contribution in [0.4, 0.5) is 0 Å². The number of nitrogens with one attached hydrogen (secondary N) is 1.